The summed E-state index contributed by atoms with van der Waals surface area (Å²) in [5, 5.41) is 2.73. The van der Waals surface area contributed by atoms with E-state index < -0.39 is 0 Å². The normalized spacial score (nSPS) is 11.1. The van der Waals surface area contributed by atoms with Crippen molar-refractivity contribution in [1.82, 2.24) is 0 Å². The first-order valence-corrected chi connectivity index (χ1v) is 9.62. The van der Waals surface area contributed by atoms with E-state index in [1.54, 1.807) is 0 Å². The zero-order valence-electron chi connectivity index (χ0n) is 13.8. The second-order valence-electron chi connectivity index (χ2n) is 6.34. The molecule has 2 aromatic rings. The molecule has 0 atom stereocenters. The van der Waals surface area contributed by atoms with Gasteiger partial charge in [-0.2, -0.15) is 12.6 Å². The van der Waals surface area contributed by atoms with Crippen LogP contribution in [-0.2, 0) is 6.42 Å². The van der Waals surface area contributed by atoms with Gasteiger partial charge in [0, 0.05) is 0 Å². The van der Waals surface area contributed by atoms with Crippen molar-refractivity contribution in [3.63, 3.8) is 0 Å². The summed E-state index contributed by atoms with van der Waals surface area (Å²) in [6, 6.07) is 15.6. The number of hydrogen-bond donors (Lipinski definition) is 1. The highest BCUT2D eigenvalue weighted by atomic mass is 32.1. The maximum atomic E-state index is 4.25. The van der Waals surface area contributed by atoms with Crippen LogP contribution in [0.2, 0.25) is 0 Å². The Labute approximate surface area is 141 Å². The smallest absolute Gasteiger partial charge is 0.00979 e. The van der Waals surface area contributed by atoms with E-state index in [1.807, 2.05) is 0 Å². The summed E-state index contributed by atoms with van der Waals surface area (Å²) >= 11 is 4.25. The topological polar surface area (TPSA) is 0 Å². The molecule has 0 aromatic heterocycles. The molecular weight excluding hydrogens is 284 g/mol. The van der Waals surface area contributed by atoms with Gasteiger partial charge in [0.15, 0.2) is 0 Å². The van der Waals surface area contributed by atoms with Gasteiger partial charge < -0.3 is 0 Å². The van der Waals surface area contributed by atoms with E-state index >= 15 is 0 Å². The maximum absolute atomic E-state index is 4.25. The lowest BCUT2D eigenvalue weighted by Gasteiger charge is -2.05. The SMILES string of the molecule is SCCCCCCCCCCCc1ccc2ccccc2c1. The van der Waals surface area contributed by atoms with Gasteiger partial charge in [0.25, 0.3) is 0 Å². The molecule has 1 heteroatoms. The van der Waals surface area contributed by atoms with Crippen molar-refractivity contribution in [2.24, 2.45) is 0 Å². The van der Waals surface area contributed by atoms with E-state index in [0.29, 0.717) is 0 Å². The summed E-state index contributed by atoms with van der Waals surface area (Å²) in [5.41, 5.74) is 1.49. The molecule has 0 N–H and O–H groups in total. The second-order valence-corrected chi connectivity index (χ2v) is 6.78. The van der Waals surface area contributed by atoms with E-state index in [0.717, 1.165) is 5.75 Å². The van der Waals surface area contributed by atoms with Crippen molar-refractivity contribution < 1.29 is 0 Å². The van der Waals surface area contributed by atoms with E-state index in [9.17, 15) is 0 Å². The molecule has 0 fully saturated rings. The molecule has 0 saturated carbocycles. The summed E-state index contributed by atoms with van der Waals surface area (Å²) < 4.78 is 0. The third-order valence-corrected chi connectivity index (χ3v) is 4.75. The minimum Gasteiger partial charge on any atom is -0.179 e. The molecule has 0 heterocycles. The highest BCUT2D eigenvalue weighted by molar-refractivity contribution is 7.80. The standard InChI is InChI=1S/C21H30S/c22-17-11-7-5-3-1-2-4-6-8-12-19-15-16-20-13-9-10-14-21(20)18-19/h9-10,13-16,18,22H,1-8,11-12,17H2. The van der Waals surface area contributed by atoms with E-state index in [4.69, 9.17) is 0 Å². The summed E-state index contributed by atoms with van der Waals surface area (Å²) in [6.45, 7) is 0. The van der Waals surface area contributed by atoms with Crippen molar-refractivity contribution in [3.8, 4) is 0 Å². The monoisotopic (exact) mass is 314 g/mol. The Morgan fingerprint density at radius 1 is 0.591 bits per heavy atom. The Morgan fingerprint density at radius 2 is 1.18 bits per heavy atom. The molecule has 0 aliphatic carbocycles. The Hall–Kier alpha value is -0.950. The fourth-order valence-corrected chi connectivity index (χ4v) is 3.30. The molecule has 0 saturated heterocycles. The number of benzene rings is 2. The lowest BCUT2D eigenvalue weighted by molar-refractivity contribution is 0.566. The largest absolute Gasteiger partial charge is 0.179 e. The number of aryl methyl sites for hydroxylation is 1. The van der Waals surface area contributed by atoms with Crippen LogP contribution in [0.5, 0.6) is 0 Å². The average molecular weight is 315 g/mol. The summed E-state index contributed by atoms with van der Waals surface area (Å²) in [6.07, 6.45) is 13.6. The van der Waals surface area contributed by atoms with Crippen LogP contribution in [0.1, 0.15) is 63.4 Å². The van der Waals surface area contributed by atoms with Crippen LogP contribution in [-0.4, -0.2) is 5.75 Å². The zero-order valence-corrected chi connectivity index (χ0v) is 14.7. The zero-order chi connectivity index (χ0) is 15.5. The molecule has 0 spiro atoms. The summed E-state index contributed by atoms with van der Waals surface area (Å²) in [7, 11) is 0. The van der Waals surface area contributed by atoms with E-state index in [2.05, 4.69) is 55.1 Å². The first-order chi connectivity index (χ1) is 10.9. The number of fused-ring (bicyclic) bond motifs is 1. The van der Waals surface area contributed by atoms with Gasteiger partial charge in [-0.3, -0.25) is 0 Å². The second kappa shape index (κ2) is 10.7. The van der Waals surface area contributed by atoms with Gasteiger partial charge in [0.2, 0.25) is 0 Å². The molecule has 0 amide bonds. The Morgan fingerprint density at radius 3 is 1.86 bits per heavy atom. The van der Waals surface area contributed by atoms with Gasteiger partial charge in [-0.1, -0.05) is 87.4 Å². The number of thiol groups is 1. The van der Waals surface area contributed by atoms with Crippen molar-refractivity contribution >= 4 is 23.4 Å². The molecule has 0 bridgehead atoms. The number of rotatable bonds is 11. The fraction of sp³-hybridized carbons (Fsp3) is 0.524. The molecule has 2 aromatic carbocycles. The van der Waals surface area contributed by atoms with Gasteiger partial charge >= 0.3 is 0 Å². The quantitative estimate of drug-likeness (QED) is 0.341. The predicted molar refractivity (Wildman–Crippen MR) is 103 cm³/mol. The molecule has 2 rings (SSSR count). The minimum absolute atomic E-state index is 1.05. The molecule has 120 valence electrons. The van der Waals surface area contributed by atoms with Crippen LogP contribution >= 0.6 is 12.6 Å². The number of hydrogen-bond acceptors (Lipinski definition) is 1. The third-order valence-electron chi connectivity index (χ3n) is 4.44. The summed E-state index contributed by atoms with van der Waals surface area (Å²) in [5.74, 6) is 1.05. The van der Waals surface area contributed by atoms with Gasteiger partial charge in [0.05, 0.1) is 0 Å². The van der Waals surface area contributed by atoms with Crippen molar-refractivity contribution in [1.29, 1.82) is 0 Å². The molecule has 0 aliphatic heterocycles. The lowest BCUT2D eigenvalue weighted by atomic mass is 10.0. The van der Waals surface area contributed by atoms with Gasteiger partial charge in [-0.05, 0) is 41.4 Å². The van der Waals surface area contributed by atoms with Gasteiger partial charge in [-0.25, -0.2) is 0 Å². The van der Waals surface area contributed by atoms with Crippen LogP contribution in [0.25, 0.3) is 10.8 Å². The van der Waals surface area contributed by atoms with Crippen LogP contribution in [0.15, 0.2) is 42.5 Å². The maximum Gasteiger partial charge on any atom is -0.00979 e. The van der Waals surface area contributed by atoms with Crippen LogP contribution in [0.4, 0.5) is 0 Å². The molecule has 22 heavy (non-hydrogen) atoms. The third kappa shape index (κ3) is 6.44. The highest BCUT2D eigenvalue weighted by Gasteiger charge is 1.97. The van der Waals surface area contributed by atoms with E-state index in [1.165, 1.54) is 80.5 Å². The van der Waals surface area contributed by atoms with E-state index in [-0.39, 0.29) is 0 Å². The van der Waals surface area contributed by atoms with Gasteiger partial charge in [-0.15, -0.1) is 0 Å². The van der Waals surface area contributed by atoms with Crippen molar-refractivity contribution in [3.05, 3.63) is 48.0 Å². The lowest BCUT2D eigenvalue weighted by Crippen LogP contribution is -1.87. The Bertz CT molecular complexity index is 532. The molecule has 0 nitrogen and oxygen atoms in total. The minimum atomic E-state index is 1.05. The van der Waals surface area contributed by atoms with Crippen LogP contribution in [0.3, 0.4) is 0 Å². The van der Waals surface area contributed by atoms with Crippen LogP contribution < -0.4 is 0 Å². The van der Waals surface area contributed by atoms with Crippen molar-refractivity contribution in [2.45, 2.75) is 64.2 Å². The van der Waals surface area contributed by atoms with Crippen LogP contribution in [0, 0.1) is 0 Å². The number of unbranched alkanes of at least 4 members (excludes halogenated alkanes) is 8. The highest BCUT2D eigenvalue weighted by Crippen LogP contribution is 2.18. The first kappa shape index (κ1) is 17.4. The molecule has 0 radical (unpaired) electrons. The Balaban J connectivity index is 1.54. The molecule has 0 unspecified atom stereocenters. The fourth-order valence-electron chi connectivity index (χ4n) is 3.07. The predicted octanol–water partition coefficient (Wildman–Crippen LogP) is 6.82. The first-order valence-electron chi connectivity index (χ1n) is 8.99. The van der Waals surface area contributed by atoms with Gasteiger partial charge in [0.1, 0.15) is 0 Å². The average Bonchev–Trinajstić information content (AvgIpc) is 2.56. The molecular formula is C21H30S. The van der Waals surface area contributed by atoms with Crippen molar-refractivity contribution in [2.75, 3.05) is 5.75 Å². The molecule has 0 aliphatic rings. The Kier molecular flexibility index (Phi) is 8.48. The summed E-state index contributed by atoms with van der Waals surface area (Å²) in [4.78, 5) is 0.